The molecule has 1 aliphatic heterocycles. The summed E-state index contributed by atoms with van der Waals surface area (Å²) in [6, 6.07) is 0. The lowest BCUT2D eigenvalue weighted by Crippen LogP contribution is -2.10. The first-order chi connectivity index (χ1) is 6.79. The molecule has 2 N–H and O–H groups in total. The van der Waals surface area contributed by atoms with Gasteiger partial charge in [0.05, 0.1) is 5.69 Å². The van der Waals surface area contributed by atoms with Crippen LogP contribution in [0.1, 0.15) is 25.5 Å². The molecule has 0 atom stereocenters. The third-order valence-corrected chi connectivity index (χ3v) is 3.11. The van der Waals surface area contributed by atoms with Crippen molar-refractivity contribution in [3.63, 3.8) is 0 Å². The van der Waals surface area contributed by atoms with E-state index >= 15 is 0 Å². The summed E-state index contributed by atoms with van der Waals surface area (Å²) < 4.78 is 0. The normalized spacial score (nSPS) is 14.4. The lowest BCUT2D eigenvalue weighted by molar-refractivity contribution is -0.115. The molecule has 0 unspecified atom stereocenters. The molecule has 5 heteroatoms. The first kappa shape index (κ1) is 9.45. The lowest BCUT2D eigenvalue weighted by Gasteiger charge is -2.10. The third-order valence-electron chi connectivity index (χ3n) is 2.14. The number of hydrogen-bond donors (Lipinski definition) is 2. The minimum absolute atomic E-state index is 0.0242. The fraction of sp³-hybridized carbons (Fsp3) is 0.556. The second-order valence-corrected chi connectivity index (χ2v) is 4.23. The zero-order chi connectivity index (χ0) is 9.97. The van der Waals surface area contributed by atoms with Crippen molar-refractivity contribution in [1.29, 1.82) is 0 Å². The number of nitrogens with zero attached hydrogens (tertiary/aromatic N) is 1. The van der Waals surface area contributed by atoms with Gasteiger partial charge < -0.3 is 10.6 Å². The largest absolute Gasteiger partial charge is 0.375 e. The van der Waals surface area contributed by atoms with Crippen LogP contribution in [0.25, 0.3) is 0 Å². The van der Waals surface area contributed by atoms with Crippen molar-refractivity contribution in [3.8, 4) is 0 Å². The number of aryl methyl sites for hydroxylation is 1. The number of rotatable bonds is 2. The number of anilines is 2. The summed E-state index contributed by atoms with van der Waals surface area (Å²) in [6.07, 6.45) is 2.64. The number of carbonyl (C=O) groups excluding carboxylic acids is 1. The number of aromatic nitrogens is 1. The maximum absolute atomic E-state index is 11.1. The average molecular weight is 211 g/mol. The van der Waals surface area contributed by atoms with E-state index < -0.39 is 0 Å². The lowest BCUT2D eigenvalue weighted by atomic mass is 10.2. The molecule has 0 saturated carbocycles. The molecule has 1 aromatic heterocycles. The van der Waals surface area contributed by atoms with Crippen LogP contribution < -0.4 is 10.6 Å². The van der Waals surface area contributed by atoms with Gasteiger partial charge in [0.1, 0.15) is 5.00 Å². The van der Waals surface area contributed by atoms with Crippen LogP contribution in [0.4, 0.5) is 10.1 Å². The van der Waals surface area contributed by atoms with E-state index in [1.165, 1.54) is 11.3 Å². The molecule has 76 valence electrons. The predicted octanol–water partition coefficient (Wildman–Crippen LogP) is 1.85. The van der Waals surface area contributed by atoms with E-state index in [9.17, 15) is 4.79 Å². The zero-order valence-electron chi connectivity index (χ0n) is 8.09. The van der Waals surface area contributed by atoms with Crippen molar-refractivity contribution >= 4 is 27.4 Å². The maximum atomic E-state index is 11.1. The molecule has 0 aliphatic carbocycles. The quantitative estimate of drug-likeness (QED) is 0.785. The van der Waals surface area contributed by atoms with Gasteiger partial charge in [0, 0.05) is 13.0 Å². The first-order valence-electron chi connectivity index (χ1n) is 4.83. The summed E-state index contributed by atoms with van der Waals surface area (Å²) in [4.78, 5) is 15.5. The highest BCUT2D eigenvalue weighted by molar-refractivity contribution is 7.19. The Balaban J connectivity index is 2.12. The molecule has 2 rings (SSSR count). The predicted molar refractivity (Wildman–Crippen MR) is 57.8 cm³/mol. The molecule has 4 nitrogen and oxygen atoms in total. The monoisotopic (exact) mass is 211 g/mol. The fourth-order valence-corrected chi connectivity index (χ4v) is 2.33. The number of carbonyl (C=O) groups is 1. The van der Waals surface area contributed by atoms with Gasteiger partial charge >= 0.3 is 0 Å². The molecular formula is C9H13N3OS. The molecule has 2 heterocycles. The average Bonchev–Trinajstić information content (AvgIpc) is 2.59. The van der Waals surface area contributed by atoms with E-state index in [0.29, 0.717) is 6.42 Å². The molecule has 0 aromatic carbocycles. The van der Waals surface area contributed by atoms with Crippen LogP contribution in [0, 0.1) is 0 Å². The van der Waals surface area contributed by atoms with Crippen molar-refractivity contribution < 1.29 is 4.79 Å². The first-order valence-corrected chi connectivity index (χ1v) is 5.64. The van der Waals surface area contributed by atoms with Gasteiger partial charge in [-0.05, 0) is 12.8 Å². The number of nitrogens with one attached hydrogen (secondary N) is 2. The zero-order valence-corrected chi connectivity index (χ0v) is 8.91. The number of thiazole rings is 1. The molecule has 0 saturated heterocycles. The summed E-state index contributed by atoms with van der Waals surface area (Å²) in [5, 5.41) is 7.89. The highest BCUT2D eigenvalue weighted by Gasteiger charge is 2.15. The van der Waals surface area contributed by atoms with E-state index in [1.54, 1.807) is 0 Å². The summed E-state index contributed by atoms with van der Waals surface area (Å²) >= 11 is 1.52. The van der Waals surface area contributed by atoms with Gasteiger partial charge in [0.25, 0.3) is 0 Å². The van der Waals surface area contributed by atoms with Crippen LogP contribution in [0.5, 0.6) is 0 Å². The van der Waals surface area contributed by atoms with Crippen molar-refractivity contribution in [2.75, 3.05) is 17.2 Å². The van der Waals surface area contributed by atoms with Crippen LogP contribution >= 0.6 is 11.3 Å². The van der Waals surface area contributed by atoms with E-state index in [2.05, 4.69) is 15.6 Å². The molecular weight excluding hydrogens is 198 g/mol. The summed E-state index contributed by atoms with van der Waals surface area (Å²) in [5.41, 5.74) is 1.09. The Labute approximate surface area is 86.7 Å². The SMILES string of the molecule is CCC(=O)Nc1nc2c(s1)NCCC2. The minimum atomic E-state index is 0.0242. The molecule has 1 aromatic rings. The van der Waals surface area contributed by atoms with Crippen molar-refractivity contribution in [2.45, 2.75) is 26.2 Å². The third kappa shape index (κ3) is 1.87. The Kier molecular flexibility index (Phi) is 2.67. The molecule has 0 fully saturated rings. The molecule has 14 heavy (non-hydrogen) atoms. The van der Waals surface area contributed by atoms with Gasteiger partial charge in [-0.15, -0.1) is 0 Å². The molecule has 0 radical (unpaired) electrons. The second-order valence-electron chi connectivity index (χ2n) is 3.23. The summed E-state index contributed by atoms with van der Waals surface area (Å²) in [7, 11) is 0. The van der Waals surface area contributed by atoms with E-state index in [4.69, 9.17) is 0 Å². The smallest absolute Gasteiger partial charge is 0.225 e. The van der Waals surface area contributed by atoms with Crippen LogP contribution in [0.3, 0.4) is 0 Å². The molecule has 1 aliphatic rings. The van der Waals surface area contributed by atoms with Crippen molar-refractivity contribution in [3.05, 3.63) is 5.69 Å². The highest BCUT2D eigenvalue weighted by atomic mass is 32.1. The Hall–Kier alpha value is -1.10. The Morgan fingerprint density at radius 1 is 1.71 bits per heavy atom. The van der Waals surface area contributed by atoms with Crippen molar-refractivity contribution in [2.24, 2.45) is 0 Å². The maximum Gasteiger partial charge on any atom is 0.225 e. The van der Waals surface area contributed by atoms with Gasteiger partial charge in [-0.1, -0.05) is 18.3 Å². The van der Waals surface area contributed by atoms with Gasteiger partial charge in [-0.25, -0.2) is 4.98 Å². The standard InChI is InChI=1S/C9H13N3OS/c1-2-7(13)12-9-11-6-4-3-5-10-8(6)14-9/h10H,2-5H2,1H3,(H,11,12,13). The van der Waals surface area contributed by atoms with Crippen LogP contribution in [0.2, 0.25) is 0 Å². The van der Waals surface area contributed by atoms with Gasteiger partial charge in [0.15, 0.2) is 5.13 Å². The van der Waals surface area contributed by atoms with E-state index in [1.807, 2.05) is 6.92 Å². The second kappa shape index (κ2) is 3.96. The van der Waals surface area contributed by atoms with E-state index in [-0.39, 0.29) is 5.91 Å². The van der Waals surface area contributed by atoms with Crippen LogP contribution in [0.15, 0.2) is 0 Å². The van der Waals surface area contributed by atoms with E-state index in [0.717, 1.165) is 35.2 Å². The Morgan fingerprint density at radius 3 is 3.29 bits per heavy atom. The van der Waals surface area contributed by atoms with Gasteiger partial charge in [-0.2, -0.15) is 0 Å². The highest BCUT2D eigenvalue weighted by Crippen LogP contribution is 2.31. The molecule has 0 bridgehead atoms. The molecule has 1 amide bonds. The fourth-order valence-electron chi connectivity index (χ4n) is 1.38. The van der Waals surface area contributed by atoms with Crippen LogP contribution in [-0.2, 0) is 11.2 Å². The Morgan fingerprint density at radius 2 is 2.57 bits per heavy atom. The minimum Gasteiger partial charge on any atom is -0.375 e. The summed E-state index contributed by atoms with van der Waals surface area (Å²) in [5.74, 6) is 0.0242. The van der Waals surface area contributed by atoms with Gasteiger partial charge in [-0.3, -0.25) is 4.79 Å². The topological polar surface area (TPSA) is 54.0 Å². The number of hydrogen-bond acceptors (Lipinski definition) is 4. The van der Waals surface area contributed by atoms with Crippen molar-refractivity contribution in [1.82, 2.24) is 4.98 Å². The van der Waals surface area contributed by atoms with Gasteiger partial charge in [0.2, 0.25) is 5.91 Å². The number of fused-ring (bicyclic) bond motifs is 1. The molecule has 0 spiro atoms. The number of amides is 1. The summed E-state index contributed by atoms with van der Waals surface area (Å²) in [6.45, 7) is 2.84. The Bertz CT molecular complexity index is 324. The van der Waals surface area contributed by atoms with Crippen LogP contribution in [-0.4, -0.2) is 17.4 Å².